The minimum Gasteiger partial charge on any atom is -0.329 e. The summed E-state index contributed by atoms with van der Waals surface area (Å²) in [4.78, 5) is 0. The highest BCUT2D eigenvalue weighted by Gasteiger charge is 2.17. The molecule has 1 heterocycles. The van der Waals surface area contributed by atoms with Gasteiger partial charge in [-0.25, -0.2) is 0 Å². The molecule has 0 aliphatic heterocycles. The molecule has 1 aromatic rings. The van der Waals surface area contributed by atoms with Gasteiger partial charge in [-0.1, -0.05) is 20.8 Å². The Hall–Kier alpha value is -0.830. The van der Waals surface area contributed by atoms with Gasteiger partial charge in [0.25, 0.3) is 0 Å². The van der Waals surface area contributed by atoms with E-state index in [1.165, 1.54) is 5.69 Å². The number of nitrogens with zero attached hydrogens (tertiary/aromatic N) is 2. The van der Waals surface area contributed by atoms with Crippen LogP contribution in [0, 0.1) is 0 Å². The first-order chi connectivity index (χ1) is 5.55. The van der Waals surface area contributed by atoms with Gasteiger partial charge in [-0.3, -0.25) is 4.68 Å². The van der Waals surface area contributed by atoms with Gasteiger partial charge in [0.2, 0.25) is 0 Å². The standard InChI is InChI=1S/C9H17N3/c1-9(2,3)8-4-6-11-12(8)7-5-10/h4,6H,5,7,10H2,1-3H3. The third-order valence-electron chi connectivity index (χ3n) is 1.83. The van der Waals surface area contributed by atoms with Crippen molar-refractivity contribution in [2.75, 3.05) is 6.54 Å². The van der Waals surface area contributed by atoms with E-state index in [1.54, 1.807) is 0 Å². The molecule has 2 N–H and O–H groups in total. The highest BCUT2D eigenvalue weighted by Crippen LogP contribution is 2.20. The molecule has 1 rings (SSSR count). The van der Waals surface area contributed by atoms with Gasteiger partial charge in [0.15, 0.2) is 0 Å². The second-order valence-corrected chi connectivity index (χ2v) is 3.98. The average Bonchev–Trinajstić information content (AvgIpc) is 2.34. The van der Waals surface area contributed by atoms with E-state index in [4.69, 9.17) is 5.73 Å². The van der Waals surface area contributed by atoms with Crippen molar-refractivity contribution in [3.8, 4) is 0 Å². The fourth-order valence-electron chi connectivity index (χ4n) is 1.27. The van der Waals surface area contributed by atoms with Crippen molar-refractivity contribution < 1.29 is 0 Å². The molecule has 0 spiro atoms. The highest BCUT2D eigenvalue weighted by molar-refractivity contribution is 5.11. The molecule has 12 heavy (non-hydrogen) atoms. The predicted octanol–water partition coefficient (Wildman–Crippen LogP) is 1.14. The Labute approximate surface area is 73.6 Å². The van der Waals surface area contributed by atoms with Gasteiger partial charge >= 0.3 is 0 Å². The molecule has 0 atom stereocenters. The van der Waals surface area contributed by atoms with Crippen LogP contribution in [0.25, 0.3) is 0 Å². The molecule has 1 aromatic heterocycles. The maximum absolute atomic E-state index is 5.47. The number of hydrogen-bond acceptors (Lipinski definition) is 2. The van der Waals surface area contributed by atoms with E-state index in [1.807, 2.05) is 10.9 Å². The fourth-order valence-corrected chi connectivity index (χ4v) is 1.27. The van der Waals surface area contributed by atoms with E-state index in [0.717, 1.165) is 6.54 Å². The second kappa shape index (κ2) is 3.27. The first-order valence-corrected chi connectivity index (χ1v) is 4.28. The molecule has 0 radical (unpaired) electrons. The summed E-state index contributed by atoms with van der Waals surface area (Å²) in [5, 5.41) is 4.21. The van der Waals surface area contributed by atoms with Crippen LogP contribution in [0.1, 0.15) is 26.5 Å². The smallest absolute Gasteiger partial charge is 0.0535 e. The lowest BCUT2D eigenvalue weighted by Crippen LogP contribution is -2.21. The first-order valence-electron chi connectivity index (χ1n) is 4.28. The molecule has 0 fully saturated rings. The zero-order valence-electron chi connectivity index (χ0n) is 8.04. The predicted molar refractivity (Wildman–Crippen MR) is 50.0 cm³/mol. The summed E-state index contributed by atoms with van der Waals surface area (Å²) in [5.74, 6) is 0. The number of hydrogen-bond donors (Lipinski definition) is 1. The minimum absolute atomic E-state index is 0.158. The Balaban J connectivity index is 2.91. The monoisotopic (exact) mass is 167 g/mol. The van der Waals surface area contributed by atoms with Crippen LogP contribution in [0.5, 0.6) is 0 Å². The molecule has 0 unspecified atom stereocenters. The van der Waals surface area contributed by atoms with E-state index in [0.29, 0.717) is 6.54 Å². The summed E-state index contributed by atoms with van der Waals surface area (Å²) in [6.07, 6.45) is 1.83. The van der Waals surface area contributed by atoms with Crippen LogP contribution in [-0.2, 0) is 12.0 Å². The third-order valence-corrected chi connectivity index (χ3v) is 1.83. The van der Waals surface area contributed by atoms with Gasteiger partial charge in [-0.2, -0.15) is 5.10 Å². The van der Waals surface area contributed by atoms with E-state index in [-0.39, 0.29) is 5.41 Å². The number of nitrogens with two attached hydrogens (primary N) is 1. The quantitative estimate of drug-likeness (QED) is 0.717. The Bertz CT molecular complexity index is 245. The summed E-state index contributed by atoms with van der Waals surface area (Å²) in [7, 11) is 0. The minimum atomic E-state index is 0.158. The second-order valence-electron chi connectivity index (χ2n) is 3.98. The number of aromatic nitrogens is 2. The highest BCUT2D eigenvalue weighted by atomic mass is 15.3. The summed E-state index contributed by atoms with van der Waals surface area (Å²) in [6.45, 7) is 7.98. The lowest BCUT2D eigenvalue weighted by Gasteiger charge is -2.19. The molecule has 0 amide bonds. The SMILES string of the molecule is CC(C)(C)c1ccnn1CCN. The van der Waals surface area contributed by atoms with Crippen molar-refractivity contribution in [3.63, 3.8) is 0 Å². The Morgan fingerprint density at radius 3 is 2.67 bits per heavy atom. The van der Waals surface area contributed by atoms with Crippen LogP contribution in [0.15, 0.2) is 12.3 Å². The van der Waals surface area contributed by atoms with Crippen LogP contribution >= 0.6 is 0 Å². The van der Waals surface area contributed by atoms with Gasteiger partial charge in [-0.15, -0.1) is 0 Å². The average molecular weight is 167 g/mol. The molecule has 0 aliphatic carbocycles. The van der Waals surface area contributed by atoms with E-state index in [2.05, 4.69) is 31.9 Å². The lowest BCUT2D eigenvalue weighted by atomic mass is 9.92. The molecule has 3 heteroatoms. The van der Waals surface area contributed by atoms with Crippen LogP contribution in [-0.4, -0.2) is 16.3 Å². The van der Waals surface area contributed by atoms with Crippen molar-refractivity contribution in [2.24, 2.45) is 5.73 Å². The summed E-state index contributed by atoms with van der Waals surface area (Å²) in [5.41, 5.74) is 6.87. The van der Waals surface area contributed by atoms with Crippen LogP contribution in [0.3, 0.4) is 0 Å². The van der Waals surface area contributed by atoms with E-state index in [9.17, 15) is 0 Å². The van der Waals surface area contributed by atoms with Crippen molar-refractivity contribution >= 4 is 0 Å². The lowest BCUT2D eigenvalue weighted by molar-refractivity contribution is 0.489. The first kappa shape index (κ1) is 9.26. The fraction of sp³-hybridized carbons (Fsp3) is 0.667. The van der Waals surface area contributed by atoms with E-state index >= 15 is 0 Å². The van der Waals surface area contributed by atoms with Gasteiger partial charge in [0.1, 0.15) is 0 Å². The van der Waals surface area contributed by atoms with Gasteiger partial charge in [0, 0.05) is 23.9 Å². The molecule has 3 nitrogen and oxygen atoms in total. The molecule has 0 bridgehead atoms. The van der Waals surface area contributed by atoms with Crippen LogP contribution in [0.4, 0.5) is 0 Å². The summed E-state index contributed by atoms with van der Waals surface area (Å²) >= 11 is 0. The van der Waals surface area contributed by atoms with Gasteiger partial charge in [0.05, 0.1) is 6.54 Å². The van der Waals surface area contributed by atoms with Crippen LogP contribution < -0.4 is 5.73 Å². The Kier molecular flexibility index (Phi) is 2.52. The zero-order chi connectivity index (χ0) is 9.19. The van der Waals surface area contributed by atoms with Crippen molar-refractivity contribution in [3.05, 3.63) is 18.0 Å². The molecule has 0 saturated heterocycles. The molecule has 0 saturated carbocycles. The third kappa shape index (κ3) is 1.85. The maximum Gasteiger partial charge on any atom is 0.0535 e. The van der Waals surface area contributed by atoms with Crippen molar-refractivity contribution in [2.45, 2.75) is 32.7 Å². The Morgan fingerprint density at radius 1 is 1.50 bits per heavy atom. The zero-order valence-corrected chi connectivity index (χ0v) is 8.04. The summed E-state index contributed by atoms with van der Waals surface area (Å²) in [6, 6.07) is 2.05. The molecular weight excluding hydrogens is 150 g/mol. The normalized spacial score (nSPS) is 12.0. The number of rotatable bonds is 2. The maximum atomic E-state index is 5.47. The van der Waals surface area contributed by atoms with E-state index < -0.39 is 0 Å². The molecule has 0 aliphatic rings. The van der Waals surface area contributed by atoms with Gasteiger partial charge < -0.3 is 5.73 Å². The Morgan fingerprint density at radius 2 is 2.17 bits per heavy atom. The van der Waals surface area contributed by atoms with Crippen molar-refractivity contribution in [1.29, 1.82) is 0 Å². The van der Waals surface area contributed by atoms with Gasteiger partial charge in [-0.05, 0) is 6.07 Å². The largest absolute Gasteiger partial charge is 0.329 e. The summed E-state index contributed by atoms with van der Waals surface area (Å²) < 4.78 is 1.97. The topological polar surface area (TPSA) is 43.8 Å². The molecule has 68 valence electrons. The molecular formula is C9H17N3. The molecule has 0 aromatic carbocycles. The van der Waals surface area contributed by atoms with Crippen LogP contribution in [0.2, 0.25) is 0 Å². The van der Waals surface area contributed by atoms with Crippen molar-refractivity contribution in [1.82, 2.24) is 9.78 Å².